The van der Waals surface area contributed by atoms with Crippen molar-refractivity contribution in [2.45, 2.75) is 45.6 Å². The van der Waals surface area contributed by atoms with Gasteiger partial charge in [0.25, 0.3) is 0 Å². The molecule has 4 heteroatoms. The average molecular weight is 254 g/mol. The fraction of sp³-hybridized carbons (Fsp3) is 0.929. The summed E-state index contributed by atoms with van der Waals surface area (Å²) in [6.07, 6.45) is 3.94. The van der Waals surface area contributed by atoms with E-state index in [1.165, 1.54) is 25.8 Å². The highest BCUT2D eigenvalue weighted by atomic mass is 16.4. The molecule has 0 atom stereocenters. The van der Waals surface area contributed by atoms with Gasteiger partial charge in [0.05, 0.1) is 0 Å². The van der Waals surface area contributed by atoms with Crippen LogP contribution in [-0.4, -0.2) is 53.7 Å². The number of hydrogen-bond donors (Lipinski definition) is 1. The predicted molar refractivity (Wildman–Crippen MR) is 71.8 cm³/mol. The van der Waals surface area contributed by atoms with Gasteiger partial charge in [-0.15, -0.1) is 0 Å². The van der Waals surface area contributed by atoms with Crippen molar-refractivity contribution < 1.29 is 9.90 Å². The van der Waals surface area contributed by atoms with E-state index < -0.39 is 6.09 Å². The molecule has 0 aromatic heterocycles. The Morgan fingerprint density at radius 1 is 1.50 bits per heavy atom. The minimum absolute atomic E-state index is 0.315. The van der Waals surface area contributed by atoms with Gasteiger partial charge in [0.2, 0.25) is 0 Å². The van der Waals surface area contributed by atoms with Gasteiger partial charge in [-0.1, -0.05) is 13.8 Å². The van der Waals surface area contributed by atoms with Crippen LogP contribution < -0.4 is 0 Å². The highest BCUT2D eigenvalue weighted by molar-refractivity contribution is 5.65. The second-order valence-corrected chi connectivity index (χ2v) is 6.68. The maximum absolute atomic E-state index is 10.9. The van der Waals surface area contributed by atoms with E-state index in [-0.39, 0.29) is 0 Å². The summed E-state index contributed by atoms with van der Waals surface area (Å²) >= 11 is 0. The molecule has 1 amide bonds. The molecule has 1 spiro atoms. The third kappa shape index (κ3) is 2.79. The Kier molecular flexibility index (Phi) is 3.85. The largest absolute Gasteiger partial charge is 0.465 e. The van der Waals surface area contributed by atoms with Crippen molar-refractivity contribution in [3.05, 3.63) is 0 Å². The highest BCUT2D eigenvalue weighted by Crippen LogP contribution is 2.49. The molecule has 0 aromatic rings. The summed E-state index contributed by atoms with van der Waals surface area (Å²) in [5, 5.41) is 9.00. The Labute approximate surface area is 110 Å². The van der Waals surface area contributed by atoms with E-state index in [4.69, 9.17) is 5.11 Å². The zero-order chi connectivity index (χ0) is 13.3. The normalized spacial score (nSPS) is 31.4. The number of hydrogen-bond acceptors (Lipinski definition) is 2. The molecule has 1 saturated carbocycles. The second-order valence-electron chi connectivity index (χ2n) is 6.68. The summed E-state index contributed by atoms with van der Waals surface area (Å²) in [7, 11) is 2.21. The molecule has 2 aliphatic rings. The van der Waals surface area contributed by atoms with Crippen LogP contribution in [0.5, 0.6) is 0 Å². The van der Waals surface area contributed by atoms with Crippen LogP contribution in [0.2, 0.25) is 0 Å². The maximum Gasteiger partial charge on any atom is 0.407 e. The average Bonchev–Trinajstić information content (AvgIpc) is 2.68. The van der Waals surface area contributed by atoms with E-state index in [2.05, 4.69) is 25.8 Å². The molecule has 1 saturated heterocycles. The number of nitrogens with zero attached hydrogens (tertiary/aromatic N) is 2. The minimum atomic E-state index is -0.747. The van der Waals surface area contributed by atoms with Gasteiger partial charge < -0.3 is 14.9 Å². The molecule has 2 rings (SSSR count). The molecule has 0 aromatic carbocycles. The van der Waals surface area contributed by atoms with Crippen molar-refractivity contribution in [3.8, 4) is 0 Å². The van der Waals surface area contributed by atoms with Gasteiger partial charge in [-0.2, -0.15) is 0 Å². The fourth-order valence-electron chi connectivity index (χ4n) is 3.33. The monoisotopic (exact) mass is 254 g/mol. The lowest BCUT2D eigenvalue weighted by Gasteiger charge is -2.49. The van der Waals surface area contributed by atoms with Gasteiger partial charge in [-0.25, -0.2) is 4.79 Å². The van der Waals surface area contributed by atoms with Crippen LogP contribution >= 0.6 is 0 Å². The van der Waals surface area contributed by atoms with Gasteiger partial charge >= 0.3 is 6.09 Å². The zero-order valence-electron chi connectivity index (χ0n) is 11.9. The van der Waals surface area contributed by atoms with E-state index in [1.54, 1.807) is 4.90 Å². The van der Waals surface area contributed by atoms with Crippen molar-refractivity contribution in [3.63, 3.8) is 0 Å². The van der Waals surface area contributed by atoms with E-state index >= 15 is 0 Å². The summed E-state index contributed by atoms with van der Waals surface area (Å²) < 4.78 is 0. The van der Waals surface area contributed by atoms with Gasteiger partial charge in [0, 0.05) is 19.1 Å². The molecule has 1 N–H and O–H groups in total. The number of carbonyl (C=O) groups is 1. The van der Waals surface area contributed by atoms with Crippen molar-refractivity contribution >= 4 is 6.09 Å². The summed E-state index contributed by atoms with van der Waals surface area (Å²) in [6, 6.07) is 0.678. The van der Waals surface area contributed by atoms with E-state index in [9.17, 15) is 4.79 Å². The van der Waals surface area contributed by atoms with Crippen LogP contribution in [0.3, 0.4) is 0 Å². The van der Waals surface area contributed by atoms with Crippen LogP contribution in [0.15, 0.2) is 0 Å². The van der Waals surface area contributed by atoms with Crippen molar-refractivity contribution in [1.29, 1.82) is 0 Å². The quantitative estimate of drug-likeness (QED) is 0.838. The molecule has 0 unspecified atom stereocenters. The highest BCUT2D eigenvalue weighted by Gasteiger charge is 2.50. The molecular formula is C14H26N2O2. The molecule has 0 radical (unpaired) electrons. The first-order chi connectivity index (χ1) is 8.42. The molecule has 18 heavy (non-hydrogen) atoms. The first-order valence-corrected chi connectivity index (χ1v) is 7.10. The number of amides is 1. The van der Waals surface area contributed by atoms with Gasteiger partial charge in [0.1, 0.15) is 0 Å². The summed E-state index contributed by atoms with van der Waals surface area (Å²) in [4.78, 5) is 15.0. The molecule has 4 nitrogen and oxygen atoms in total. The van der Waals surface area contributed by atoms with Crippen molar-refractivity contribution in [2.75, 3.05) is 26.7 Å². The van der Waals surface area contributed by atoms with Crippen molar-refractivity contribution in [1.82, 2.24) is 9.80 Å². The standard InChI is InChI=1S/C14H26N2O2/c1-11(2)4-6-15(3)12-8-14(9-12)5-7-16(10-14)13(17)18/h11-12H,4-10H2,1-3H3,(H,17,18). The minimum Gasteiger partial charge on any atom is -0.465 e. The smallest absolute Gasteiger partial charge is 0.407 e. The third-order valence-corrected chi connectivity index (χ3v) is 4.73. The van der Waals surface area contributed by atoms with Crippen LogP contribution in [-0.2, 0) is 0 Å². The maximum atomic E-state index is 10.9. The number of carboxylic acid groups (broad SMARTS) is 1. The Bertz CT molecular complexity index is 311. The van der Waals surface area contributed by atoms with E-state index in [0.29, 0.717) is 11.5 Å². The fourth-order valence-corrected chi connectivity index (χ4v) is 3.33. The topological polar surface area (TPSA) is 43.8 Å². The third-order valence-electron chi connectivity index (χ3n) is 4.73. The van der Waals surface area contributed by atoms with Gasteiger partial charge in [-0.3, -0.25) is 0 Å². The number of likely N-dealkylation sites (tertiary alicyclic amines) is 1. The van der Waals surface area contributed by atoms with Crippen molar-refractivity contribution in [2.24, 2.45) is 11.3 Å². The first-order valence-electron chi connectivity index (χ1n) is 7.10. The van der Waals surface area contributed by atoms with Gasteiger partial charge in [-0.05, 0) is 50.6 Å². The van der Waals surface area contributed by atoms with E-state index in [0.717, 1.165) is 25.4 Å². The Hall–Kier alpha value is -0.770. The van der Waals surface area contributed by atoms with Crippen LogP contribution in [0.4, 0.5) is 4.79 Å². The lowest BCUT2D eigenvalue weighted by molar-refractivity contribution is 0.0191. The predicted octanol–water partition coefficient (Wildman–Crippen LogP) is 2.50. The van der Waals surface area contributed by atoms with Crippen LogP contribution in [0, 0.1) is 11.3 Å². The lowest BCUT2D eigenvalue weighted by Crippen LogP contribution is -2.51. The Morgan fingerprint density at radius 3 is 2.67 bits per heavy atom. The molecule has 1 aliphatic carbocycles. The molecule has 1 heterocycles. The molecular weight excluding hydrogens is 228 g/mol. The molecule has 2 fully saturated rings. The lowest BCUT2D eigenvalue weighted by atomic mass is 9.64. The first kappa shape index (κ1) is 13.7. The molecule has 0 bridgehead atoms. The summed E-state index contributed by atoms with van der Waals surface area (Å²) in [6.45, 7) is 7.19. The molecule has 1 aliphatic heterocycles. The Balaban J connectivity index is 1.75. The SMILES string of the molecule is CC(C)CCN(C)C1CC2(CCN(C(=O)O)C2)C1. The molecule has 104 valence electrons. The van der Waals surface area contributed by atoms with Crippen LogP contribution in [0.25, 0.3) is 0 Å². The zero-order valence-corrected chi connectivity index (χ0v) is 11.9. The van der Waals surface area contributed by atoms with E-state index in [1.807, 2.05) is 0 Å². The summed E-state index contributed by atoms with van der Waals surface area (Å²) in [5.74, 6) is 0.760. The summed E-state index contributed by atoms with van der Waals surface area (Å²) in [5.41, 5.74) is 0.315. The van der Waals surface area contributed by atoms with Gasteiger partial charge in [0.15, 0.2) is 0 Å². The second kappa shape index (κ2) is 5.08. The van der Waals surface area contributed by atoms with Crippen LogP contribution in [0.1, 0.15) is 39.5 Å². The number of rotatable bonds is 4. The Morgan fingerprint density at radius 2 is 2.17 bits per heavy atom.